The molecule has 1 amide bonds. The number of hydrogen-bond donors (Lipinski definition) is 2. The van der Waals surface area contributed by atoms with Crippen molar-refractivity contribution in [3.05, 3.63) is 20.8 Å². The number of carbonyl (C=O) groups is 1. The maximum Gasteiger partial charge on any atom is 0.330 e. The Kier molecular flexibility index (Phi) is 6.19. The van der Waals surface area contributed by atoms with Crippen molar-refractivity contribution in [2.24, 2.45) is 0 Å². The van der Waals surface area contributed by atoms with Crippen LogP contribution in [0.1, 0.15) is 39.5 Å². The molecule has 0 atom stereocenters. The van der Waals surface area contributed by atoms with Crippen molar-refractivity contribution in [3.63, 3.8) is 0 Å². The van der Waals surface area contributed by atoms with Gasteiger partial charge in [-0.2, -0.15) is 0 Å². The van der Waals surface area contributed by atoms with Crippen LogP contribution >= 0.6 is 0 Å². The van der Waals surface area contributed by atoms with E-state index in [0.717, 1.165) is 38.8 Å². The van der Waals surface area contributed by atoms with Gasteiger partial charge in [0.05, 0.1) is 6.54 Å². The highest BCUT2D eigenvalue weighted by atomic mass is 16.2. The summed E-state index contributed by atoms with van der Waals surface area (Å²) in [6, 6.07) is 0. The summed E-state index contributed by atoms with van der Waals surface area (Å²) in [6.07, 6.45) is 3.84. The zero-order valence-corrected chi connectivity index (χ0v) is 14.5. The highest BCUT2D eigenvalue weighted by molar-refractivity contribution is 5.96. The number of nitrogen functional groups attached to an aromatic ring is 1. The molecule has 0 radical (unpaired) electrons. The minimum atomic E-state index is -0.609. The van der Waals surface area contributed by atoms with Gasteiger partial charge >= 0.3 is 5.69 Å². The third-order valence-corrected chi connectivity index (χ3v) is 4.39. The predicted molar refractivity (Wildman–Crippen MR) is 94.3 cm³/mol. The lowest BCUT2D eigenvalue weighted by Crippen LogP contribution is -2.44. The Morgan fingerprint density at radius 3 is 2.50 bits per heavy atom. The van der Waals surface area contributed by atoms with Crippen LogP contribution in [0.5, 0.6) is 0 Å². The molecule has 2 heterocycles. The van der Waals surface area contributed by atoms with Crippen molar-refractivity contribution in [1.29, 1.82) is 0 Å². The number of likely N-dealkylation sites (N-methyl/N-ethyl adjacent to an activating group) is 1. The van der Waals surface area contributed by atoms with E-state index in [9.17, 15) is 14.4 Å². The number of likely N-dealkylation sites (tertiary alicyclic amines) is 1. The second kappa shape index (κ2) is 8.14. The van der Waals surface area contributed by atoms with Crippen LogP contribution in [0.25, 0.3) is 0 Å². The van der Waals surface area contributed by atoms with Gasteiger partial charge in [0.25, 0.3) is 5.56 Å². The molecule has 0 aromatic carbocycles. The molecule has 0 unspecified atom stereocenters. The summed E-state index contributed by atoms with van der Waals surface area (Å²) in [6.45, 7) is 6.60. The molecular weight excluding hydrogens is 310 g/mol. The molecule has 1 aliphatic rings. The van der Waals surface area contributed by atoms with E-state index in [1.54, 1.807) is 6.92 Å². The SMILES string of the molecule is CCCCn1c(N)c(N(CC)C(=O)CN2CCCC2)c(=O)[nH]c1=O. The summed E-state index contributed by atoms with van der Waals surface area (Å²) in [5.41, 5.74) is 5.03. The molecule has 1 aromatic heterocycles. The first-order chi connectivity index (χ1) is 11.5. The fourth-order valence-electron chi connectivity index (χ4n) is 3.05. The summed E-state index contributed by atoms with van der Waals surface area (Å²) in [7, 11) is 0. The maximum atomic E-state index is 12.6. The Morgan fingerprint density at radius 2 is 1.92 bits per heavy atom. The quantitative estimate of drug-likeness (QED) is 0.748. The van der Waals surface area contributed by atoms with Gasteiger partial charge in [-0.05, 0) is 39.3 Å². The predicted octanol–water partition coefficient (Wildman–Crippen LogP) is 0.368. The monoisotopic (exact) mass is 337 g/mol. The molecule has 8 nitrogen and oxygen atoms in total. The van der Waals surface area contributed by atoms with Gasteiger partial charge in [0.2, 0.25) is 5.91 Å². The van der Waals surface area contributed by atoms with Gasteiger partial charge < -0.3 is 10.6 Å². The average molecular weight is 337 g/mol. The molecule has 0 bridgehead atoms. The number of anilines is 2. The molecule has 8 heteroatoms. The van der Waals surface area contributed by atoms with Crippen LogP contribution in [-0.2, 0) is 11.3 Å². The van der Waals surface area contributed by atoms with Gasteiger partial charge in [0.15, 0.2) is 5.69 Å². The summed E-state index contributed by atoms with van der Waals surface area (Å²) < 4.78 is 1.34. The number of nitrogens with two attached hydrogens (primary N) is 1. The molecule has 1 aromatic rings. The molecule has 2 rings (SSSR count). The van der Waals surface area contributed by atoms with Gasteiger partial charge in [-0.1, -0.05) is 13.3 Å². The lowest BCUT2D eigenvalue weighted by atomic mass is 10.3. The molecule has 0 saturated carbocycles. The van der Waals surface area contributed by atoms with E-state index in [4.69, 9.17) is 5.73 Å². The molecule has 0 aliphatic carbocycles. The van der Waals surface area contributed by atoms with E-state index in [-0.39, 0.29) is 24.0 Å². The van der Waals surface area contributed by atoms with Crippen LogP contribution in [0.2, 0.25) is 0 Å². The van der Waals surface area contributed by atoms with E-state index in [1.807, 2.05) is 6.92 Å². The summed E-state index contributed by atoms with van der Waals surface area (Å²) in [5.74, 6) is -0.105. The number of aromatic nitrogens is 2. The molecule has 0 spiro atoms. The minimum absolute atomic E-state index is 0.0637. The highest BCUT2D eigenvalue weighted by Crippen LogP contribution is 2.18. The molecule has 1 saturated heterocycles. The van der Waals surface area contributed by atoms with Crippen molar-refractivity contribution in [2.45, 2.75) is 46.1 Å². The molecular formula is C16H27N5O3. The topological polar surface area (TPSA) is 104 Å². The number of rotatable bonds is 7. The second-order valence-corrected chi connectivity index (χ2v) is 6.12. The van der Waals surface area contributed by atoms with Gasteiger partial charge in [0.1, 0.15) is 5.82 Å². The normalized spacial score (nSPS) is 14.9. The molecule has 134 valence electrons. The number of hydrogen-bond acceptors (Lipinski definition) is 5. The van der Waals surface area contributed by atoms with Crippen LogP contribution in [0.4, 0.5) is 11.5 Å². The fraction of sp³-hybridized carbons (Fsp3) is 0.688. The summed E-state index contributed by atoms with van der Waals surface area (Å²) in [4.78, 5) is 42.6. The fourth-order valence-corrected chi connectivity index (χ4v) is 3.05. The van der Waals surface area contributed by atoms with Crippen molar-refractivity contribution < 1.29 is 4.79 Å². The largest absolute Gasteiger partial charge is 0.383 e. The minimum Gasteiger partial charge on any atom is -0.383 e. The Labute approximate surface area is 141 Å². The second-order valence-electron chi connectivity index (χ2n) is 6.12. The van der Waals surface area contributed by atoms with Gasteiger partial charge in [-0.15, -0.1) is 0 Å². The Bertz CT molecular complexity index is 688. The summed E-state index contributed by atoms with van der Waals surface area (Å²) in [5, 5.41) is 0. The van der Waals surface area contributed by atoms with Crippen molar-refractivity contribution in [3.8, 4) is 0 Å². The first-order valence-corrected chi connectivity index (χ1v) is 8.64. The summed E-state index contributed by atoms with van der Waals surface area (Å²) >= 11 is 0. The Morgan fingerprint density at radius 1 is 1.25 bits per heavy atom. The zero-order valence-electron chi connectivity index (χ0n) is 14.5. The standard InChI is InChI=1S/C16H27N5O3/c1-3-5-10-21-14(17)13(15(23)18-16(21)24)20(4-2)12(22)11-19-8-6-7-9-19/h3-11,17H2,1-2H3,(H,18,23,24). The molecule has 1 fully saturated rings. The first kappa shape index (κ1) is 18.3. The molecule has 1 aliphatic heterocycles. The third-order valence-electron chi connectivity index (χ3n) is 4.39. The van der Waals surface area contributed by atoms with E-state index in [1.165, 1.54) is 9.47 Å². The average Bonchev–Trinajstić information content (AvgIpc) is 3.03. The van der Waals surface area contributed by atoms with Crippen molar-refractivity contribution >= 4 is 17.4 Å². The lowest BCUT2D eigenvalue weighted by molar-refractivity contribution is -0.119. The van der Waals surface area contributed by atoms with Crippen LogP contribution < -0.4 is 21.9 Å². The number of nitrogens with one attached hydrogen (secondary N) is 1. The van der Waals surface area contributed by atoms with E-state index >= 15 is 0 Å². The lowest BCUT2D eigenvalue weighted by Gasteiger charge is -2.25. The van der Waals surface area contributed by atoms with Gasteiger partial charge in [-0.25, -0.2) is 4.79 Å². The number of amides is 1. The third kappa shape index (κ3) is 3.87. The first-order valence-electron chi connectivity index (χ1n) is 8.64. The number of carbonyl (C=O) groups excluding carboxylic acids is 1. The Hall–Kier alpha value is -2.09. The van der Waals surface area contributed by atoms with E-state index in [0.29, 0.717) is 13.1 Å². The van der Waals surface area contributed by atoms with Crippen molar-refractivity contribution in [1.82, 2.24) is 14.5 Å². The number of H-pyrrole nitrogens is 1. The molecule has 24 heavy (non-hydrogen) atoms. The van der Waals surface area contributed by atoms with E-state index in [2.05, 4.69) is 9.88 Å². The number of unbranched alkanes of at least 4 members (excludes halogenated alkanes) is 1. The van der Waals surface area contributed by atoms with Crippen LogP contribution in [0, 0.1) is 0 Å². The highest BCUT2D eigenvalue weighted by Gasteiger charge is 2.25. The van der Waals surface area contributed by atoms with Crippen LogP contribution in [0.3, 0.4) is 0 Å². The Balaban J connectivity index is 2.34. The van der Waals surface area contributed by atoms with E-state index < -0.39 is 11.2 Å². The smallest absolute Gasteiger partial charge is 0.330 e. The molecule has 3 N–H and O–H groups in total. The zero-order chi connectivity index (χ0) is 17.7. The van der Waals surface area contributed by atoms with Gasteiger partial charge in [0, 0.05) is 13.1 Å². The maximum absolute atomic E-state index is 12.6. The van der Waals surface area contributed by atoms with Crippen molar-refractivity contribution in [2.75, 3.05) is 36.8 Å². The van der Waals surface area contributed by atoms with Crippen LogP contribution in [-0.4, -0.2) is 46.5 Å². The number of nitrogens with zero attached hydrogens (tertiary/aromatic N) is 3. The number of aromatic amines is 1. The van der Waals surface area contributed by atoms with Gasteiger partial charge in [-0.3, -0.25) is 24.0 Å². The van der Waals surface area contributed by atoms with Crippen LogP contribution in [0.15, 0.2) is 9.59 Å².